The molecule has 0 bridgehead atoms. The van der Waals surface area contributed by atoms with Crippen molar-refractivity contribution in [2.24, 2.45) is 0 Å². The Labute approximate surface area is 108 Å². The maximum atomic E-state index is 13.7. The van der Waals surface area contributed by atoms with Gasteiger partial charge < -0.3 is 4.74 Å². The number of carbonyl (C=O) groups excluding carboxylic acids is 1. The third-order valence-corrected chi connectivity index (χ3v) is 2.46. The zero-order valence-corrected chi connectivity index (χ0v) is 11.9. The van der Waals surface area contributed by atoms with Gasteiger partial charge in [-0.05, 0) is 68.0 Å². The third kappa shape index (κ3) is 3.43. The van der Waals surface area contributed by atoms with Gasteiger partial charge in [0.1, 0.15) is 11.4 Å². The highest BCUT2D eigenvalue weighted by Gasteiger charge is 2.21. The van der Waals surface area contributed by atoms with Gasteiger partial charge in [-0.25, -0.2) is 9.18 Å². The molecule has 0 heterocycles. The summed E-state index contributed by atoms with van der Waals surface area (Å²) in [5, 5.41) is 0. The Kier molecular flexibility index (Phi) is 3.93. The molecule has 0 aliphatic carbocycles. The van der Waals surface area contributed by atoms with Crippen LogP contribution in [0.4, 0.5) is 4.39 Å². The van der Waals surface area contributed by atoms with Crippen molar-refractivity contribution in [2.45, 2.75) is 33.3 Å². The zero-order valence-electron chi connectivity index (χ0n) is 9.73. The average Bonchev–Trinajstić information content (AvgIpc) is 2.08. The lowest BCUT2D eigenvalue weighted by molar-refractivity contribution is 0.00644. The number of ether oxygens (including phenoxy) is 1. The molecule has 1 aromatic carbocycles. The van der Waals surface area contributed by atoms with Gasteiger partial charge in [0, 0.05) is 3.57 Å². The number of hydrogen-bond acceptors (Lipinski definition) is 2. The quantitative estimate of drug-likeness (QED) is 0.578. The molecule has 1 rings (SSSR count). The van der Waals surface area contributed by atoms with Gasteiger partial charge in [0.2, 0.25) is 0 Å². The SMILES string of the molecule is Cc1cc(I)cc(C(=O)OC(C)(C)C)c1F. The van der Waals surface area contributed by atoms with E-state index < -0.39 is 17.4 Å². The second-order valence-corrected chi connectivity index (χ2v) is 5.83. The van der Waals surface area contributed by atoms with E-state index in [4.69, 9.17) is 4.74 Å². The molecule has 0 fully saturated rings. The van der Waals surface area contributed by atoms with E-state index >= 15 is 0 Å². The summed E-state index contributed by atoms with van der Waals surface area (Å²) in [6.07, 6.45) is 0. The number of aryl methyl sites for hydroxylation is 1. The molecule has 88 valence electrons. The number of carbonyl (C=O) groups is 1. The van der Waals surface area contributed by atoms with Gasteiger partial charge in [0.05, 0.1) is 5.56 Å². The minimum atomic E-state index is -0.619. The maximum absolute atomic E-state index is 13.7. The predicted molar refractivity (Wildman–Crippen MR) is 69.0 cm³/mol. The van der Waals surface area contributed by atoms with Crippen molar-refractivity contribution in [3.05, 3.63) is 32.6 Å². The van der Waals surface area contributed by atoms with Crippen LogP contribution in [0.15, 0.2) is 12.1 Å². The van der Waals surface area contributed by atoms with Gasteiger partial charge in [-0.1, -0.05) is 0 Å². The van der Waals surface area contributed by atoms with Crippen LogP contribution in [0.1, 0.15) is 36.7 Å². The van der Waals surface area contributed by atoms with Gasteiger partial charge in [-0.2, -0.15) is 0 Å². The number of rotatable bonds is 1. The Morgan fingerprint density at radius 2 is 1.94 bits per heavy atom. The molecule has 0 atom stereocenters. The highest BCUT2D eigenvalue weighted by atomic mass is 127. The molecule has 0 saturated carbocycles. The van der Waals surface area contributed by atoms with E-state index in [9.17, 15) is 9.18 Å². The standard InChI is InChI=1S/C12H14FIO2/c1-7-5-8(14)6-9(10(7)13)11(15)16-12(2,3)4/h5-6H,1-4H3. The first kappa shape index (κ1) is 13.4. The summed E-state index contributed by atoms with van der Waals surface area (Å²) in [4.78, 5) is 11.7. The van der Waals surface area contributed by atoms with E-state index in [0.29, 0.717) is 5.56 Å². The Balaban J connectivity index is 3.09. The van der Waals surface area contributed by atoms with E-state index in [1.165, 1.54) is 6.07 Å². The molecule has 0 N–H and O–H groups in total. The highest BCUT2D eigenvalue weighted by molar-refractivity contribution is 14.1. The Morgan fingerprint density at radius 1 is 1.38 bits per heavy atom. The van der Waals surface area contributed by atoms with Crippen molar-refractivity contribution in [1.82, 2.24) is 0 Å². The first-order chi connectivity index (χ1) is 7.20. The predicted octanol–water partition coefficient (Wildman–Crippen LogP) is 3.69. The summed E-state index contributed by atoms with van der Waals surface area (Å²) in [5.74, 6) is -1.12. The second-order valence-electron chi connectivity index (χ2n) is 4.59. The fourth-order valence-corrected chi connectivity index (χ4v) is 1.99. The van der Waals surface area contributed by atoms with E-state index in [1.807, 2.05) is 22.6 Å². The van der Waals surface area contributed by atoms with Crippen molar-refractivity contribution < 1.29 is 13.9 Å². The van der Waals surface area contributed by atoms with Gasteiger partial charge >= 0.3 is 5.97 Å². The van der Waals surface area contributed by atoms with Crippen molar-refractivity contribution >= 4 is 28.6 Å². The van der Waals surface area contributed by atoms with E-state index in [0.717, 1.165) is 3.57 Å². The molecule has 0 amide bonds. The van der Waals surface area contributed by atoms with E-state index in [1.54, 1.807) is 33.8 Å². The lowest BCUT2D eigenvalue weighted by Gasteiger charge is -2.20. The van der Waals surface area contributed by atoms with Crippen LogP contribution in [0.5, 0.6) is 0 Å². The lowest BCUT2D eigenvalue weighted by atomic mass is 10.1. The normalized spacial score (nSPS) is 11.4. The van der Waals surface area contributed by atoms with Gasteiger partial charge in [0.15, 0.2) is 0 Å². The summed E-state index contributed by atoms with van der Waals surface area (Å²) in [5.41, 5.74) is -0.161. The van der Waals surface area contributed by atoms with Gasteiger partial charge in [-0.3, -0.25) is 0 Å². The fraction of sp³-hybridized carbons (Fsp3) is 0.417. The molecule has 0 aromatic heterocycles. The first-order valence-corrected chi connectivity index (χ1v) is 5.97. The first-order valence-electron chi connectivity index (χ1n) is 4.90. The summed E-state index contributed by atoms with van der Waals surface area (Å²) in [6, 6.07) is 3.18. The van der Waals surface area contributed by atoms with Crippen molar-refractivity contribution in [2.75, 3.05) is 0 Å². The Bertz CT molecular complexity index is 422. The summed E-state index contributed by atoms with van der Waals surface area (Å²) >= 11 is 2.04. The molecule has 0 unspecified atom stereocenters. The monoisotopic (exact) mass is 336 g/mol. The van der Waals surface area contributed by atoms with Crippen LogP contribution < -0.4 is 0 Å². The maximum Gasteiger partial charge on any atom is 0.341 e. The van der Waals surface area contributed by atoms with E-state index in [2.05, 4.69) is 0 Å². The minimum Gasteiger partial charge on any atom is -0.456 e. The molecule has 16 heavy (non-hydrogen) atoms. The molecule has 0 aliphatic rings. The molecular formula is C12H14FIO2. The van der Waals surface area contributed by atoms with Gasteiger partial charge in [-0.15, -0.1) is 0 Å². The van der Waals surface area contributed by atoms with Crippen LogP contribution in [0.2, 0.25) is 0 Å². The second kappa shape index (κ2) is 4.69. The summed E-state index contributed by atoms with van der Waals surface area (Å²) in [6.45, 7) is 6.89. The lowest BCUT2D eigenvalue weighted by Crippen LogP contribution is -2.24. The van der Waals surface area contributed by atoms with Gasteiger partial charge in [0.25, 0.3) is 0 Å². The summed E-state index contributed by atoms with van der Waals surface area (Å²) < 4.78 is 19.7. The van der Waals surface area contributed by atoms with Crippen LogP contribution in [0.3, 0.4) is 0 Å². The molecular weight excluding hydrogens is 322 g/mol. The molecule has 0 radical (unpaired) electrons. The number of benzene rings is 1. The van der Waals surface area contributed by atoms with Crippen molar-refractivity contribution in [3.8, 4) is 0 Å². The largest absolute Gasteiger partial charge is 0.456 e. The van der Waals surface area contributed by atoms with Crippen LogP contribution in [0.25, 0.3) is 0 Å². The smallest absolute Gasteiger partial charge is 0.341 e. The Hall–Kier alpha value is -0.650. The van der Waals surface area contributed by atoms with Crippen molar-refractivity contribution in [1.29, 1.82) is 0 Å². The number of halogens is 2. The fourth-order valence-electron chi connectivity index (χ4n) is 1.21. The third-order valence-electron chi connectivity index (χ3n) is 1.84. The molecule has 0 spiro atoms. The van der Waals surface area contributed by atoms with Crippen LogP contribution in [0, 0.1) is 16.3 Å². The molecule has 4 heteroatoms. The number of hydrogen-bond donors (Lipinski definition) is 0. The summed E-state index contributed by atoms with van der Waals surface area (Å²) in [7, 11) is 0. The molecule has 2 nitrogen and oxygen atoms in total. The highest BCUT2D eigenvalue weighted by Crippen LogP contribution is 2.20. The minimum absolute atomic E-state index is 0.000625. The van der Waals surface area contributed by atoms with Crippen LogP contribution in [-0.2, 0) is 4.74 Å². The van der Waals surface area contributed by atoms with Crippen LogP contribution in [-0.4, -0.2) is 11.6 Å². The van der Waals surface area contributed by atoms with E-state index in [-0.39, 0.29) is 5.56 Å². The molecule has 0 aliphatic heterocycles. The van der Waals surface area contributed by atoms with Crippen LogP contribution >= 0.6 is 22.6 Å². The zero-order chi connectivity index (χ0) is 12.5. The molecule has 0 saturated heterocycles. The van der Waals surface area contributed by atoms with Crippen molar-refractivity contribution in [3.63, 3.8) is 0 Å². The Morgan fingerprint density at radius 3 is 2.44 bits per heavy atom. The average molecular weight is 336 g/mol. The number of esters is 1. The molecule has 1 aromatic rings. The topological polar surface area (TPSA) is 26.3 Å².